The number of Topliss-reactive ketones (excluding diaryl/α,β-unsaturated/α-hetero) is 1. The van der Waals surface area contributed by atoms with Crippen LogP contribution in [-0.4, -0.2) is 10.7 Å². The zero-order chi connectivity index (χ0) is 15.4. The molecule has 0 radical (unpaired) electrons. The minimum atomic E-state index is -1.09. The van der Waals surface area contributed by atoms with Crippen LogP contribution in [0.2, 0.25) is 5.02 Å². The maximum absolute atomic E-state index is 12.4. The molecule has 0 saturated heterocycles. The number of nitrogens with zero attached hydrogens (tertiary/aromatic N) is 2. The van der Waals surface area contributed by atoms with E-state index in [1.54, 1.807) is 30.3 Å². The van der Waals surface area contributed by atoms with E-state index >= 15 is 0 Å². The molecule has 1 unspecified atom stereocenters. The van der Waals surface area contributed by atoms with Gasteiger partial charge in [-0.2, -0.15) is 5.26 Å². The fourth-order valence-corrected chi connectivity index (χ4v) is 2.12. The summed E-state index contributed by atoms with van der Waals surface area (Å²) in [6.07, 6.45) is 0. The molecule has 0 aliphatic carbocycles. The lowest BCUT2D eigenvalue weighted by Gasteiger charge is -2.09. The van der Waals surface area contributed by atoms with Gasteiger partial charge in [0.05, 0.1) is 16.6 Å². The Kier molecular flexibility index (Phi) is 4.31. The SMILES string of the molecule is N#CC(C(=O)c1ccc(Cl)cc1[N+](=O)[O-])c1ccccc1. The largest absolute Gasteiger partial charge is 0.292 e. The van der Waals surface area contributed by atoms with Crippen molar-refractivity contribution in [3.8, 4) is 6.07 Å². The van der Waals surface area contributed by atoms with Gasteiger partial charge in [0.15, 0.2) is 5.78 Å². The Balaban J connectivity index is 2.49. The van der Waals surface area contributed by atoms with Gasteiger partial charge in [-0.3, -0.25) is 14.9 Å². The predicted molar refractivity (Wildman–Crippen MR) is 77.2 cm³/mol. The lowest BCUT2D eigenvalue weighted by Crippen LogP contribution is -2.13. The molecule has 6 heteroatoms. The Morgan fingerprint density at radius 1 is 1.24 bits per heavy atom. The zero-order valence-corrected chi connectivity index (χ0v) is 11.4. The van der Waals surface area contributed by atoms with E-state index in [0.717, 1.165) is 6.07 Å². The predicted octanol–water partition coefficient (Wildman–Crippen LogP) is 3.74. The number of nitro benzene ring substituents is 1. The molecule has 0 aliphatic rings. The van der Waals surface area contributed by atoms with Crippen molar-refractivity contribution in [3.05, 3.63) is 74.8 Å². The molecular weight excluding hydrogens is 292 g/mol. The summed E-state index contributed by atoms with van der Waals surface area (Å²) in [6, 6.07) is 14.1. The van der Waals surface area contributed by atoms with Crippen LogP contribution in [0.15, 0.2) is 48.5 Å². The van der Waals surface area contributed by atoms with Gasteiger partial charge in [0, 0.05) is 11.1 Å². The number of nitro groups is 1. The first kappa shape index (κ1) is 14.7. The van der Waals surface area contributed by atoms with Crippen LogP contribution >= 0.6 is 11.6 Å². The molecule has 0 fully saturated rings. The van der Waals surface area contributed by atoms with E-state index < -0.39 is 22.3 Å². The molecule has 104 valence electrons. The highest BCUT2D eigenvalue weighted by Gasteiger charge is 2.28. The number of ketones is 1. The number of carbonyl (C=O) groups is 1. The molecule has 5 nitrogen and oxygen atoms in total. The van der Waals surface area contributed by atoms with Crippen LogP contribution in [0.3, 0.4) is 0 Å². The molecule has 21 heavy (non-hydrogen) atoms. The van der Waals surface area contributed by atoms with E-state index in [9.17, 15) is 20.2 Å². The van der Waals surface area contributed by atoms with Crippen LogP contribution in [0, 0.1) is 21.4 Å². The van der Waals surface area contributed by atoms with Crippen molar-refractivity contribution < 1.29 is 9.72 Å². The van der Waals surface area contributed by atoms with E-state index in [4.69, 9.17) is 11.6 Å². The van der Waals surface area contributed by atoms with Gasteiger partial charge in [-0.1, -0.05) is 41.9 Å². The van der Waals surface area contributed by atoms with E-state index in [1.165, 1.54) is 12.1 Å². The lowest BCUT2D eigenvalue weighted by atomic mass is 9.91. The third kappa shape index (κ3) is 3.07. The number of carbonyl (C=O) groups excluding carboxylic acids is 1. The summed E-state index contributed by atoms with van der Waals surface area (Å²) in [5, 5.41) is 20.4. The first-order valence-electron chi connectivity index (χ1n) is 5.97. The van der Waals surface area contributed by atoms with Crippen LogP contribution < -0.4 is 0 Å². The van der Waals surface area contributed by atoms with Gasteiger partial charge in [-0.05, 0) is 17.7 Å². The van der Waals surface area contributed by atoms with Gasteiger partial charge in [-0.15, -0.1) is 0 Å². The van der Waals surface area contributed by atoms with Gasteiger partial charge in [0.25, 0.3) is 5.69 Å². The number of benzene rings is 2. The molecule has 1 atom stereocenters. The van der Waals surface area contributed by atoms with Gasteiger partial charge < -0.3 is 0 Å². The topological polar surface area (TPSA) is 84.0 Å². The van der Waals surface area contributed by atoms with Gasteiger partial charge in [-0.25, -0.2) is 0 Å². The van der Waals surface area contributed by atoms with E-state index in [1.807, 2.05) is 6.07 Å². The molecule has 0 saturated carbocycles. The molecule has 0 aromatic heterocycles. The Morgan fingerprint density at radius 2 is 1.90 bits per heavy atom. The normalized spacial score (nSPS) is 11.4. The van der Waals surface area contributed by atoms with E-state index in [0.29, 0.717) is 5.56 Å². The maximum atomic E-state index is 12.4. The van der Waals surface area contributed by atoms with Gasteiger partial charge in [0.2, 0.25) is 0 Å². The number of hydrogen-bond acceptors (Lipinski definition) is 4. The number of hydrogen-bond donors (Lipinski definition) is 0. The average molecular weight is 301 g/mol. The molecule has 0 heterocycles. The van der Waals surface area contributed by atoms with Crippen molar-refractivity contribution in [2.45, 2.75) is 5.92 Å². The second kappa shape index (κ2) is 6.16. The molecule has 0 spiro atoms. The van der Waals surface area contributed by atoms with Crippen molar-refractivity contribution >= 4 is 23.1 Å². The van der Waals surface area contributed by atoms with Crippen molar-refractivity contribution in [3.63, 3.8) is 0 Å². The van der Waals surface area contributed by atoms with Crippen LogP contribution in [0.1, 0.15) is 21.8 Å². The second-order valence-corrected chi connectivity index (χ2v) is 4.69. The first-order chi connectivity index (χ1) is 10.0. The molecule has 2 aromatic carbocycles. The summed E-state index contributed by atoms with van der Waals surface area (Å²) in [6.45, 7) is 0. The molecule has 0 bridgehead atoms. The van der Waals surface area contributed by atoms with E-state index in [2.05, 4.69) is 0 Å². The van der Waals surface area contributed by atoms with Crippen molar-refractivity contribution in [1.82, 2.24) is 0 Å². The quantitative estimate of drug-likeness (QED) is 0.489. The first-order valence-corrected chi connectivity index (χ1v) is 6.35. The van der Waals surface area contributed by atoms with Gasteiger partial charge >= 0.3 is 0 Å². The highest BCUT2D eigenvalue weighted by Crippen LogP contribution is 2.28. The summed E-state index contributed by atoms with van der Waals surface area (Å²) in [5.74, 6) is -1.71. The minimum absolute atomic E-state index is 0.125. The summed E-state index contributed by atoms with van der Waals surface area (Å²) in [4.78, 5) is 22.8. The number of nitriles is 1. The van der Waals surface area contributed by atoms with Gasteiger partial charge in [0.1, 0.15) is 5.92 Å². The smallest absolute Gasteiger partial charge is 0.281 e. The minimum Gasteiger partial charge on any atom is -0.292 e. The standard InChI is InChI=1S/C15H9ClN2O3/c16-11-6-7-12(14(8-11)18(20)21)15(19)13(9-17)10-4-2-1-3-5-10/h1-8,13H. The Hall–Kier alpha value is -2.71. The van der Waals surface area contributed by atoms with Crippen LogP contribution in [0.5, 0.6) is 0 Å². The Labute approximate surface area is 125 Å². The van der Waals surface area contributed by atoms with E-state index in [-0.39, 0.29) is 10.6 Å². The Bertz CT molecular complexity index is 738. The molecular formula is C15H9ClN2O3. The summed E-state index contributed by atoms with van der Waals surface area (Å²) in [7, 11) is 0. The third-order valence-electron chi connectivity index (χ3n) is 2.95. The van der Waals surface area contributed by atoms with Crippen LogP contribution in [0.4, 0.5) is 5.69 Å². The van der Waals surface area contributed by atoms with Crippen molar-refractivity contribution in [2.75, 3.05) is 0 Å². The number of halogens is 1. The molecule has 0 N–H and O–H groups in total. The van der Waals surface area contributed by atoms with Crippen LogP contribution in [-0.2, 0) is 0 Å². The second-order valence-electron chi connectivity index (χ2n) is 4.26. The van der Waals surface area contributed by atoms with Crippen molar-refractivity contribution in [2.24, 2.45) is 0 Å². The number of rotatable bonds is 4. The maximum Gasteiger partial charge on any atom is 0.281 e. The summed E-state index contributed by atoms with van der Waals surface area (Å²) in [5.41, 5.74) is -0.0299. The highest BCUT2D eigenvalue weighted by atomic mass is 35.5. The molecule has 0 amide bonds. The third-order valence-corrected chi connectivity index (χ3v) is 3.18. The Morgan fingerprint density at radius 3 is 2.48 bits per heavy atom. The molecule has 0 aliphatic heterocycles. The van der Waals surface area contributed by atoms with Crippen molar-refractivity contribution in [1.29, 1.82) is 5.26 Å². The summed E-state index contributed by atoms with van der Waals surface area (Å²) < 4.78 is 0. The lowest BCUT2D eigenvalue weighted by molar-refractivity contribution is -0.385. The summed E-state index contributed by atoms with van der Waals surface area (Å²) >= 11 is 5.72. The average Bonchev–Trinajstić information content (AvgIpc) is 2.48. The zero-order valence-electron chi connectivity index (χ0n) is 10.7. The highest BCUT2D eigenvalue weighted by molar-refractivity contribution is 6.31. The molecule has 2 aromatic rings. The fraction of sp³-hybridized carbons (Fsp3) is 0.0667. The fourth-order valence-electron chi connectivity index (χ4n) is 1.95. The van der Waals surface area contributed by atoms with Crippen LogP contribution in [0.25, 0.3) is 0 Å². The molecule has 2 rings (SSSR count). The monoisotopic (exact) mass is 300 g/mol.